The largest absolute Gasteiger partial charge is 0.493 e. The van der Waals surface area contributed by atoms with E-state index in [1.165, 1.54) is 23.5 Å². The van der Waals surface area contributed by atoms with Gasteiger partial charge in [0, 0.05) is 13.1 Å². The molecule has 34 heavy (non-hydrogen) atoms. The van der Waals surface area contributed by atoms with Crippen LogP contribution in [0.4, 0.5) is 5.69 Å². The molecule has 2 aromatic carbocycles. The third-order valence-corrected chi connectivity index (χ3v) is 6.94. The van der Waals surface area contributed by atoms with Crippen molar-refractivity contribution < 1.29 is 27.4 Å². The number of methoxy groups -OCH3 is 1. The van der Waals surface area contributed by atoms with Gasteiger partial charge >= 0.3 is 0 Å². The molecule has 2 aromatic rings. The number of carbonyl (C=O) groups is 1. The first-order valence-corrected chi connectivity index (χ1v) is 12.6. The predicted octanol–water partition coefficient (Wildman–Crippen LogP) is 4.26. The van der Waals surface area contributed by atoms with Gasteiger partial charge in [0.2, 0.25) is 10.0 Å². The second-order valence-corrected chi connectivity index (χ2v) is 9.67. The molecule has 0 aliphatic heterocycles. The van der Waals surface area contributed by atoms with E-state index in [4.69, 9.17) is 14.2 Å². The van der Waals surface area contributed by atoms with Crippen LogP contribution in [-0.4, -0.2) is 51.5 Å². The molecule has 0 spiro atoms. The smallest absolute Gasteiger partial charge is 0.262 e. The summed E-state index contributed by atoms with van der Waals surface area (Å²) in [6, 6.07) is 9.86. The normalized spacial score (nSPS) is 11.4. The summed E-state index contributed by atoms with van der Waals surface area (Å²) < 4.78 is 44.0. The molecule has 0 radical (unpaired) electrons. The molecular weight excluding hydrogens is 456 g/mol. The fourth-order valence-electron chi connectivity index (χ4n) is 3.29. The molecule has 1 N–H and O–H groups in total. The maximum atomic E-state index is 12.9. The van der Waals surface area contributed by atoms with Gasteiger partial charge in [-0.15, -0.1) is 6.58 Å². The molecule has 0 aliphatic carbocycles. The van der Waals surface area contributed by atoms with Gasteiger partial charge in [0.25, 0.3) is 5.91 Å². The zero-order valence-corrected chi connectivity index (χ0v) is 21.3. The Morgan fingerprint density at radius 2 is 1.76 bits per heavy atom. The van der Waals surface area contributed by atoms with Crippen molar-refractivity contribution in [2.24, 2.45) is 0 Å². The van der Waals surface area contributed by atoms with Gasteiger partial charge in [-0.1, -0.05) is 26.0 Å². The molecule has 1 amide bonds. The van der Waals surface area contributed by atoms with Crippen molar-refractivity contribution in [3.8, 4) is 17.2 Å². The molecule has 9 heteroatoms. The third kappa shape index (κ3) is 6.98. The first kappa shape index (κ1) is 27.2. The summed E-state index contributed by atoms with van der Waals surface area (Å²) >= 11 is 0. The lowest BCUT2D eigenvalue weighted by atomic mass is 10.1. The standard InChI is InChI=1S/C25H34N2O6S/c1-7-10-19-11-13-23(24(15-19)31-6)32-17-25(28)26-21-16-20(12-14-22(21)33-18(4)5)34(29,30)27(8-2)9-3/h7,11-16,18H,1,8-10,17H2,2-6H3,(H,26,28). The van der Waals surface area contributed by atoms with E-state index in [0.29, 0.717) is 36.8 Å². The molecule has 0 heterocycles. The highest BCUT2D eigenvalue weighted by Gasteiger charge is 2.23. The summed E-state index contributed by atoms with van der Waals surface area (Å²) in [5, 5.41) is 2.72. The molecule has 0 atom stereocenters. The fraction of sp³-hybridized carbons (Fsp3) is 0.400. The number of nitrogens with one attached hydrogen (secondary N) is 1. The third-order valence-electron chi connectivity index (χ3n) is 4.90. The van der Waals surface area contributed by atoms with E-state index in [1.807, 2.05) is 26.0 Å². The molecule has 0 bridgehead atoms. The van der Waals surface area contributed by atoms with Gasteiger partial charge < -0.3 is 19.5 Å². The van der Waals surface area contributed by atoms with Crippen molar-refractivity contribution in [2.75, 3.05) is 32.1 Å². The first-order valence-electron chi connectivity index (χ1n) is 11.2. The van der Waals surface area contributed by atoms with Gasteiger partial charge in [-0.3, -0.25) is 4.79 Å². The predicted molar refractivity (Wildman–Crippen MR) is 133 cm³/mol. The number of nitrogens with zero attached hydrogens (tertiary/aromatic N) is 1. The molecule has 0 saturated carbocycles. The van der Waals surface area contributed by atoms with Crippen LogP contribution in [0, 0.1) is 0 Å². The molecule has 8 nitrogen and oxygen atoms in total. The number of hydrogen-bond acceptors (Lipinski definition) is 6. The number of hydrogen-bond donors (Lipinski definition) is 1. The number of sulfonamides is 1. The minimum atomic E-state index is -3.71. The van der Waals surface area contributed by atoms with Gasteiger partial charge in [0.15, 0.2) is 18.1 Å². The Labute approximate surface area is 202 Å². The summed E-state index contributed by atoms with van der Waals surface area (Å²) in [5.74, 6) is 0.821. The van der Waals surface area contributed by atoms with E-state index in [2.05, 4.69) is 11.9 Å². The number of allylic oxidation sites excluding steroid dienone is 1. The van der Waals surface area contributed by atoms with Crippen molar-refractivity contribution in [2.45, 2.75) is 45.1 Å². The number of carbonyl (C=O) groups excluding carboxylic acids is 1. The van der Waals surface area contributed by atoms with E-state index in [1.54, 1.807) is 32.1 Å². The van der Waals surface area contributed by atoms with Crippen LogP contribution in [0.2, 0.25) is 0 Å². The molecule has 2 rings (SSSR count). The first-order chi connectivity index (χ1) is 16.2. The summed E-state index contributed by atoms with van der Waals surface area (Å²) in [6.45, 7) is 11.3. The highest BCUT2D eigenvalue weighted by molar-refractivity contribution is 7.89. The van der Waals surface area contributed by atoms with E-state index in [9.17, 15) is 13.2 Å². The van der Waals surface area contributed by atoms with Crippen LogP contribution in [-0.2, 0) is 21.2 Å². The zero-order valence-electron chi connectivity index (χ0n) is 20.5. The van der Waals surface area contributed by atoms with Crippen LogP contribution in [0.1, 0.15) is 33.3 Å². The Morgan fingerprint density at radius 1 is 1.09 bits per heavy atom. The average molecular weight is 491 g/mol. The molecule has 0 saturated heterocycles. The topological polar surface area (TPSA) is 94.2 Å². The van der Waals surface area contributed by atoms with Crippen molar-refractivity contribution in [1.82, 2.24) is 4.31 Å². The molecule has 0 fully saturated rings. The van der Waals surface area contributed by atoms with Gasteiger partial charge in [0.1, 0.15) is 5.75 Å². The van der Waals surface area contributed by atoms with Crippen LogP contribution in [0.15, 0.2) is 53.9 Å². The van der Waals surface area contributed by atoms with E-state index in [0.717, 1.165) is 5.56 Å². The van der Waals surface area contributed by atoms with E-state index >= 15 is 0 Å². The van der Waals surface area contributed by atoms with Crippen molar-refractivity contribution in [1.29, 1.82) is 0 Å². The van der Waals surface area contributed by atoms with Crippen LogP contribution >= 0.6 is 0 Å². The second kappa shape index (κ2) is 12.4. The average Bonchev–Trinajstić information content (AvgIpc) is 2.79. The van der Waals surface area contributed by atoms with Crippen molar-refractivity contribution >= 4 is 21.6 Å². The Bertz CT molecular complexity index is 1090. The summed E-state index contributed by atoms with van der Waals surface area (Å²) in [5.41, 5.74) is 1.26. The van der Waals surface area contributed by atoms with Gasteiger partial charge in [-0.2, -0.15) is 4.31 Å². The molecule has 0 aliphatic rings. The SMILES string of the molecule is C=CCc1ccc(OCC(=O)Nc2cc(S(=O)(=O)N(CC)CC)ccc2OC(C)C)c(OC)c1. The number of benzene rings is 2. The zero-order chi connectivity index (χ0) is 25.3. The highest BCUT2D eigenvalue weighted by atomic mass is 32.2. The number of rotatable bonds is 13. The Kier molecular flexibility index (Phi) is 9.95. The van der Waals surface area contributed by atoms with Crippen LogP contribution in [0.3, 0.4) is 0 Å². The highest BCUT2D eigenvalue weighted by Crippen LogP contribution is 2.31. The minimum absolute atomic E-state index is 0.0722. The van der Waals surface area contributed by atoms with Gasteiger partial charge in [-0.05, 0) is 56.2 Å². The lowest BCUT2D eigenvalue weighted by Crippen LogP contribution is -2.30. The number of anilines is 1. The van der Waals surface area contributed by atoms with Crippen molar-refractivity contribution in [3.63, 3.8) is 0 Å². The monoisotopic (exact) mass is 490 g/mol. The fourth-order valence-corrected chi connectivity index (χ4v) is 4.78. The lowest BCUT2D eigenvalue weighted by Gasteiger charge is -2.20. The van der Waals surface area contributed by atoms with Gasteiger partial charge in [-0.25, -0.2) is 8.42 Å². The summed E-state index contributed by atoms with van der Waals surface area (Å²) in [6.07, 6.45) is 2.30. The van der Waals surface area contributed by atoms with E-state index < -0.39 is 15.9 Å². The lowest BCUT2D eigenvalue weighted by molar-refractivity contribution is -0.118. The van der Waals surface area contributed by atoms with Gasteiger partial charge in [0.05, 0.1) is 23.8 Å². The van der Waals surface area contributed by atoms with Crippen LogP contribution in [0.5, 0.6) is 17.2 Å². The maximum absolute atomic E-state index is 12.9. The molecule has 186 valence electrons. The maximum Gasteiger partial charge on any atom is 0.262 e. The second-order valence-electron chi connectivity index (χ2n) is 7.73. The summed E-state index contributed by atoms with van der Waals surface area (Å²) in [7, 11) is -2.18. The quantitative estimate of drug-likeness (QED) is 0.422. The summed E-state index contributed by atoms with van der Waals surface area (Å²) in [4.78, 5) is 12.8. The number of amides is 1. The van der Waals surface area contributed by atoms with Crippen LogP contribution < -0.4 is 19.5 Å². The van der Waals surface area contributed by atoms with Crippen LogP contribution in [0.25, 0.3) is 0 Å². The molecule has 0 aromatic heterocycles. The number of ether oxygens (including phenoxy) is 3. The Hall–Kier alpha value is -3.04. The Balaban J connectivity index is 2.25. The van der Waals surface area contributed by atoms with E-state index in [-0.39, 0.29) is 23.3 Å². The molecular formula is C25H34N2O6S. The minimum Gasteiger partial charge on any atom is -0.493 e. The Morgan fingerprint density at radius 3 is 2.35 bits per heavy atom. The molecule has 0 unspecified atom stereocenters. The van der Waals surface area contributed by atoms with Crippen molar-refractivity contribution in [3.05, 3.63) is 54.6 Å².